The summed E-state index contributed by atoms with van der Waals surface area (Å²) < 4.78 is 5.28. The Bertz CT molecular complexity index is 884. The van der Waals surface area contributed by atoms with Crippen LogP contribution in [0, 0.1) is 0 Å². The number of likely N-dealkylation sites (N-methyl/N-ethyl adjacent to an activating group) is 1. The Balaban J connectivity index is 0.00000210. The number of rotatable bonds is 4. The summed E-state index contributed by atoms with van der Waals surface area (Å²) in [5.41, 5.74) is 2.13. The van der Waals surface area contributed by atoms with Crippen molar-refractivity contribution in [2.24, 2.45) is 0 Å². The molecule has 0 saturated carbocycles. The van der Waals surface area contributed by atoms with E-state index in [1.165, 1.54) is 10.8 Å². The van der Waals surface area contributed by atoms with Gasteiger partial charge in [-0.1, -0.05) is 38.6 Å². The van der Waals surface area contributed by atoms with Gasteiger partial charge in [-0.25, -0.2) is 4.98 Å². The first-order valence-electron chi connectivity index (χ1n) is 9.30. The average molecular weight is 364 g/mol. The van der Waals surface area contributed by atoms with Gasteiger partial charge in [-0.05, 0) is 42.3 Å². The largest absolute Gasteiger partial charge is 0.497 e. The van der Waals surface area contributed by atoms with Crippen LogP contribution >= 0.6 is 0 Å². The first-order chi connectivity index (χ1) is 12.8. The Morgan fingerprint density at radius 1 is 0.963 bits per heavy atom. The Morgan fingerprint density at radius 3 is 2.33 bits per heavy atom. The molecule has 0 spiro atoms. The monoisotopic (exact) mass is 363 g/mol. The molecule has 27 heavy (non-hydrogen) atoms. The number of benzene rings is 2. The molecule has 0 atom stereocenters. The number of piperazine rings is 1. The van der Waals surface area contributed by atoms with Gasteiger partial charge in [-0.3, -0.25) is 0 Å². The summed E-state index contributed by atoms with van der Waals surface area (Å²) in [5, 5.41) is 2.47. The number of anilines is 1. The molecule has 4 nitrogen and oxygen atoms in total. The highest BCUT2D eigenvalue weighted by Gasteiger charge is 2.19. The van der Waals surface area contributed by atoms with Crippen LogP contribution in [0.4, 0.5) is 5.82 Å². The van der Waals surface area contributed by atoms with Gasteiger partial charge >= 0.3 is 0 Å². The van der Waals surface area contributed by atoms with Crippen LogP contribution in [0.3, 0.4) is 0 Å². The summed E-state index contributed by atoms with van der Waals surface area (Å²) in [4.78, 5) is 9.99. The molecule has 1 aliphatic rings. The van der Waals surface area contributed by atoms with Crippen molar-refractivity contribution in [1.82, 2.24) is 9.88 Å². The van der Waals surface area contributed by atoms with E-state index in [4.69, 9.17) is 9.72 Å². The van der Waals surface area contributed by atoms with Gasteiger partial charge in [0.25, 0.3) is 0 Å². The van der Waals surface area contributed by atoms with Crippen LogP contribution in [-0.4, -0.2) is 49.7 Å². The van der Waals surface area contributed by atoms with Crippen molar-refractivity contribution in [3.05, 3.63) is 54.6 Å². The molecule has 1 aromatic heterocycles. The zero-order valence-electron chi connectivity index (χ0n) is 15.5. The Morgan fingerprint density at radius 2 is 1.67 bits per heavy atom. The van der Waals surface area contributed by atoms with E-state index in [0.29, 0.717) is 0 Å². The van der Waals surface area contributed by atoms with Crippen molar-refractivity contribution in [2.45, 2.75) is 14.4 Å². The van der Waals surface area contributed by atoms with E-state index in [0.717, 1.165) is 55.5 Å². The highest BCUT2D eigenvalue weighted by atomic mass is 16.5. The van der Waals surface area contributed by atoms with E-state index in [9.17, 15) is 0 Å². The van der Waals surface area contributed by atoms with E-state index < -0.39 is 0 Å². The van der Waals surface area contributed by atoms with Crippen molar-refractivity contribution in [2.75, 3.05) is 44.7 Å². The highest BCUT2D eigenvalue weighted by molar-refractivity contribution is 5.95. The number of pyridine rings is 1. The quantitative estimate of drug-likeness (QED) is 0.672. The van der Waals surface area contributed by atoms with Crippen molar-refractivity contribution in [1.29, 1.82) is 0 Å². The molecule has 0 bridgehead atoms. The van der Waals surface area contributed by atoms with Crippen LogP contribution in [0.5, 0.6) is 5.75 Å². The standard InChI is InChI=1S/C22H25N3O.CH4/c1-3-24-12-14-25(15-13-24)22-20-7-5-4-6-18(20)16-21(23-22)17-8-10-19(26-2)11-9-17;/h4-11,16H,3,12-15H2,1-2H3;1H4. The Hall–Kier alpha value is -2.59. The van der Waals surface area contributed by atoms with Crippen LogP contribution < -0.4 is 9.64 Å². The molecule has 2 heterocycles. The molecule has 4 rings (SSSR count). The predicted octanol–water partition coefficient (Wildman–Crippen LogP) is 4.69. The first-order valence-corrected chi connectivity index (χ1v) is 9.30. The van der Waals surface area contributed by atoms with Crippen LogP contribution in [0.25, 0.3) is 22.0 Å². The van der Waals surface area contributed by atoms with Gasteiger partial charge in [-0.2, -0.15) is 0 Å². The second-order valence-electron chi connectivity index (χ2n) is 6.70. The number of methoxy groups -OCH3 is 1. The fourth-order valence-corrected chi connectivity index (χ4v) is 3.61. The minimum Gasteiger partial charge on any atom is -0.497 e. The van der Waals surface area contributed by atoms with E-state index in [-0.39, 0.29) is 7.43 Å². The van der Waals surface area contributed by atoms with Crippen molar-refractivity contribution < 1.29 is 4.74 Å². The van der Waals surface area contributed by atoms with Gasteiger partial charge < -0.3 is 14.5 Å². The molecule has 1 aliphatic heterocycles. The van der Waals surface area contributed by atoms with Gasteiger partial charge in [0.2, 0.25) is 0 Å². The lowest BCUT2D eigenvalue weighted by Crippen LogP contribution is -2.46. The van der Waals surface area contributed by atoms with E-state index >= 15 is 0 Å². The molecule has 0 aliphatic carbocycles. The summed E-state index contributed by atoms with van der Waals surface area (Å²) in [6.45, 7) is 7.59. The summed E-state index contributed by atoms with van der Waals surface area (Å²) >= 11 is 0. The lowest BCUT2D eigenvalue weighted by Gasteiger charge is -2.35. The average Bonchev–Trinajstić information content (AvgIpc) is 2.73. The molecule has 142 valence electrons. The number of ether oxygens (including phenoxy) is 1. The molecule has 0 radical (unpaired) electrons. The maximum atomic E-state index is 5.28. The molecule has 0 N–H and O–H groups in total. The minimum atomic E-state index is 0. The third kappa shape index (κ3) is 3.91. The predicted molar refractivity (Wildman–Crippen MR) is 115 cm³/mol. The Kier molecular flexibility index (Phi) is 5.97. The van der Waals surface area contributed by atoms with Crippen LogP contribution in [-0.2, 0) is 0 Å². The SMILES string of the molecule is C.CCN1CCN(c2nc(-c3ccc(OC)cc3)cc3ccccc23)CC1. The molecular formula is C23H29N3O. The van der Waals surface area contributed by atoms with Crippen LogP contribution in [0.2, 0.25) is 0 Å². The number of nitrogens with zero attached hydrogens (tertiary/aromatic N) is 3. The van der Waals surface area contributed by atoms with Crippen molar-refractivity contribution >= 4 is 16.6 Å². The lowest BCUT2D eigenvalue weighted by atomic mass is 10.1. The lowest BCUT2D eigenvalue weighted by molar-refractivity contribution is 0.271. The fraction of sp³-hybridized carbons (Fsp3) is 0.348. The maximum Gasteiger partial charge on any atom is 0.137 e. The summed E-state index contributed by atoms with van der Waals surface area (Å²) in [5.74, 6) is 1.97. The maximum absolute atomic E-state index is 5.28. The van der Waals surface area contributed by atoms with E-state index in [2.05, 4.69) is 59.2 Å². The first kappa shape index (κ1) is 19.2. The molecule has 1 saturated heterocycles. The van der Waals surface area contributed by atoms with Gasteiger partial charge in [0, 0.05) is 37.1 Å². The summed E-state index contributed by atoms with van der Waals surface area (Å²) in [6.07, 6.45) is 0. The molecule has 2 aromatic carbocycles. The number of aromatic nitrogens is 1. The Labute approximate surface area is 162 Å². The number of hydrogen-bond acceptors (Lipinski definition) is 4. The second-order valence-corrected chi connectivity index (χ2v) is 6.70. The van der Waals surface area contributed by atoms with Gasteiger partial charge in [0.1, 0.15) is 11.6 Å². The van der Waals surface area contributed by atoms with E-state index in [1.54, 1.807) is 7.11 Å². The van der Waals surface area contributed by atoms with Crippen molar-refractivity contribution in [3.8, 4) is 17.0 Å². The number of fused-ring (bicyclic) bond motifs is 1. The zero-order chi connectivity index (χ0) is 17.9. The van der Waals surface area contributed by atoms with Crippen LogP contribution in [0.1, 0.15) is 14.4 Å². The minimum absolute atomic E-state index is 0. The smallest absolute Gasteiger partial charge is 0.137 e. The number of hydrogen-bond donors (Lipinski definition) is 0. The highest BCUT2D eigenvalue weighted by Crippen LogP contribution is 2.31. The second kappa shape index (κ2) is 8.40. The molecule has 1 fully saturated rings. The molecule has 0 amide bonds. The van der Waals surface area contributed by atoms with Gasteiger partial charge in [0.05, 0.1) is 12.8 Å². The van der Waals surface area contributed by atoms with Gasteiger partial charge in [-0.15, -0.1) is 0 Å². The molecule has 4 heteroatoms. The third-order valence-electron chi connectivity index (χ3n) is 5.23. The topological polar surface area (TPSA) is 28.6 Å². The van der Waals surface area contributed by atoms with Gasteiger partial charge in [0.15, 0.2) is 0 Å². The summed E-state index contributed by atoms with van der Waals surface area (Å²) in [6, 6.07) is 18.9. The molecule has 3 aromatic rings. The van der Waals surface area contributed by atoms with E-state index in [1.807, 2.05) is 12.1 Å². The molecular weight excluding hydrogens is 334 g/mol. The summed E-state index contributed by atoms with van der Waals surface area (Å²) in [7, 11) is 1.69. The normalized spacial score (nSPS) is 14.8. The van der Waals surface area contributed by atoms with Crippen molar-refractivity contribution in [3.63, 3.8) is 0 Å². The third-order valence-corrected chi connectivity index (χ3v) is 5.23. The zero-order valence-corrected chi connectivity index (χ0v) is 15.5. The molecule has 0 unspecified atom stereocenters. The fourth-order valence-electron chi connectivity index (χ4n) is 3.61. The van der Waals surface area contributed by atoms with Crippen LogP contribution in [0.15, 0.2) is 54.6 Å².